The van der Waals surface area contributed by atoms with Crippen LogP contribution in [0.1, 0.15) is 69.7 Å². The zero-order valence-corrected chi connectivity index (χ0v) is 18.4. The van der Waals surface area contributed by atoms with Crippen LogP contribution in [0.3, 0.4) is 0 Å². The van der Waals surface area contributed by atoms with E-state index < -0.39 is 6.10 Å². The van der Waals surface area contributed by atoms with Crippen molar-refractivity contribution in [3.05, 3.63) is 64.7 Å². The molecule has 1 unspecified atom stereocenters. The number of ether oxygens (including phenoxy) is 1. The smallest absolute Gasteiger partial charge is 0.119 e. The van der Waals surface area contributed by atoms with Crippen molar-refractivity contribution >= 4 is 0 Å². The van der Waals surface area contributed by atoms with Gasteiger partial charge in [0.2, 0.25) is 0 Å². The summed E-state index contributed by atoms with van der Waals surface area (Å²) in [6.07, 6.45) is 1.39. The second-order valence-corrected chi connectivity index (χ2v) is 8.59. The minimum atomic E-state index is -0.642. The molecule has 1 atom stereocenters. The number of benzene rings is 2. The summed E-state index contributed by atoms with van der Waals surface area (Å²) >= 11 is 0. The lowest BCUT2D eigenvalue weighted by atomic mass is 9.70. The molecule has 0 bridgehead atoms. The van der Waals surface area contributed by atoms with Crippen molar-refractivity contribution in [2.75, 3.05) is 7.11 Å². The summed E-state index contributed by atoms with van der Waals surface area (Å²) < 4.78 is 5.32. The maximum Gasteiger partial charge on any atom is 0.119 e. The zero-order valence-electron chi connectivity index (χ0n) is 18.4. The van der Waals surface area contributed by atoms with Gasteiger partial charge in [-0.25, -0.2) is 0 Å². The Labute approximate surface area is 171 Å². The van der Waals surface area contributed by atoms with E-state index in [0.29, 0.717) is 0 Å². The van der Waals surface area contributed by atoms with Gasteiger partial charge in [0, 0.05) is 11.0 Å². The third kappa shape index (κ3) is 4.59. The number of aryl methyl sites for hydroxylation is 1. The topological polar surface area (TPSA) is 29.5 Å². The van der Waals surface area contributed by atoms with Crippen molar-refractivity contribution in [2.45, 2.75) is 65.9 Å². The Morgan fingerprint density at radius 1 is 0.964 bits per heavy atom. The molecular formula is C26H34O2. The van der Waals surface area contributed by atoms with Crippen molar-refractivity contribution < 1.29 is 9.84 Å². The van der Waals surface area contributed by atoms with Crippen LogP contribution in [0.2, 0.25) is 0 Å². The fourth-order valence-electron chi connectivity index (χ4n) is 3.61. The molecule has 0 aromatic heterocycles. The van der Waals surface area contributed by atoms with Gasteiger partial charge in [-0.1, -0.05) is 70.7 Å². The Hall–Kier alpha value is -2.24. The minimum Gasteiger partial charge on any atom is -0.497 e. The Kier molecular flexibility index (Phi) is 6.96. The lowest BCUT2D eigenvalue weighted by molar-refractivity contribution is 0.114. The summed E-state index contributed by atoms with van der Waals surface area (Å²) in [7, 11) is 1.70. The van der Waals surface area contributed by atoms with Gasteiger partial charge in [0.25, 0.3) is 0 Å². The highest BCUT2D eigenvalue weighted by molar-refractivity contribution is 5.48. The van der Waals surface area contributed by atoms with Crippen molar-refractivity contribution in [2.24, 2.45) is 5.41 Å². The molecule has 2 heteroatoms. The van der Waals surface area contributed by atoms with Crippen molar-refractivity contribution in [3.8, 4) is 17.6 Å². The molecule has 0 radical (unpaired) electrons. The maximum absolute atomic E-state index is 10.2. The first-order valence-electron chi connectivity index (χ1n) is 10.1. The fraction of sp³-hybridized carbons (Fsp3) is 0.462. The van der Waals surface area contributed by atoms with E-state index in [9.17, 15) is 5.11 Å². The second kappa shape index (κ2) is 8.84. The van der Waals surface area contributed by atoms with Gasteiger partial charge < -0.3 is 9.84 Å². The van der Waals surface area contributed by atoms with Crippen molar-refractivity contribution in [3.63, 3.8) is 0 Å². The highest BCUT2D eigenvalue weighted by Crippen LogP contribution is 2.40. The number of methoxy groups -OCH3 is 1. The quantitative estimate of drug-likeness (QED) is 0.660. The molecular weight excluding hydrogens is 344 g/mol. The third-order valence-electron chi connectivity index (χ3n) is 5.79. The Morgan fingerprint density at radius 3 is 2.00 bits per heavy atom. The van der Waals surface area contributed by atoms with Crippen molar-refractivity contribution in [1.29, 1.82) is 0 Å². The van der Waals surface area contributed by atoms with E-state index in [-0.39, 0.29) is 10.8 Å². The van der Waals surface area contributed by atoms with Crippen LogP contribution in [0, 0.1) is 24.2 Å². The highest BCUT2D eigenvalue weighted by atomic mass is 16.5. The van der Waals surface area contributed by atoms with Crippen LogP contribution in [0.4, 0.5) is 0 Å². The Morgan fingerprint density at radius 2 is 1.54 bits per heavy atom. The molecule has 2 aromatic carbocycles. The summed E-state index contributed by atoms with van der Waals surface area (Å²) in [5.74, 6) is 7.05. The molecule has 2 aromatic rings. The SMILES string of the molecule is CCC(CC)(c1ccc(OC)cc1)c1ccc(C#CC(O)C(C)(C)C)c(C)c1. The van der Waals surface area contributed by atoms with Gasteiger partial charge in [0.15, 0.2) is 0 Å². The Bertz CT molecular complexity index is 841. The van der Waals surface area contributed by atoms with Gasteiger partial charge in [-0.2, -0.15) is 0 Å². The van der Waals surface area contributed by atoms with E-state index in [4.69, 9.17) is 4.74 Å². The number of rotatable bonds is 5. The van der Waals surface area contributed by atoms with E-state index in [0.717, 1.165) is 29.7 Å². The molecule has 0 spiro atoms. The predicted molar refractivity (Wildman–Crippen MR) is 118 cm³/mol. The highest BCUT2D eigenvalue weighted by Gasteiger charge is 2.31. The van der Waals surface area contributed by atoms with E-state index in [1.54, 1.807) is 7.11 Å². The standard InChI is InChI=1S/C26H34O2/c1-8-26(9-2,21-13-15-23(28-7)16-14-21)22-12-10-20(19(3)18-22)11-17-24(27)25(4,5)6/h10,12-16,18,24,27H,8-9H2,1-7H3. The largest absolute Gasteiger partial charge is 0.497 e. The first kappa shape index (κ1) is 22.1. The summed E-state index contributed by atoms with van der Waals surface area (Å²) in [6, 6.07) is 15.0. The Balaban J connectivity index is 2.44. The zero-order chi connectivity index (χ0) is 20.9. The molecule has 150 valence electrons. The summed E-state index contributed by atoms with van der Waals surface area (Å²) in [5, 5.41) is 10.2. The van der Waals surface area contributed by atoms with Crippen LogP contribution in [-0.4, -0.2) is 18.3 Å². The fourth-order valence-corrected chi connectivity index (χ4v) is 3.61. The molecule has 2 nitrogen and oxygen atoms in total. The summed E-state index contributed by atoms with van der Waals surface area (Å²) in [6.45, 7) is 12.6. The van der Waals surface area contributed by atoms with Gasteiger partial charge in [-0.05, 0) is 60.1 Å². The van der Waals surface area contributed by atoms with Crippen LogP contribution in [0.25, 0.3) is 0 Å². The average Bonchev–Trinajstić information content (AvgIpc) is 2.68. The van der Waals surface area contributed by atoms with Gasteiger partial charge in [-0.3, -0.25) is 0 Å². The van der Waals surface area contributed by atoms with E-state index in [2.05, 4.69) is 62.9 Å². The van der Waals surface area contributed by atoms with Gasteiger partial charge in [0.1, 0.15) is 11.9 Å². The van der Waals surface area contributed by atoms with Gasteiger partial charge in [-0.15, -0.1) is 0 Å². The van der Waals surface area contributed by atoms with Crippen molar-refractivity contribution in [1.82, 2.24) is 0 Å². The minimum absolute atomic E-state index is 0.0338. The summed E-state index contributed by atoms with van der Waals surface area (Å²) in [5.41, 5.74) is 4.46. The normalized spacial score (nSPS) is 12.9. The molecule has 0 fully saturated rings. The molecule has 0 amide bonds. The van der Waals surface area contributed by atoms with E-state index in [1.165, 1.54) is 11.1 Å². The molecule has 0 saturated carbocycles. The molecule has 0 saturated heterocycles. The third-order valence-corrected chi connectivity index (χ3v) is 5.79. The number of aliphatic hydroxyl groups is 1. The monoisotopic (exact) mass is 378 g/mol. The van der Waals surface area contributed by atoms with Gasteiger partial charge >= 0.3 is 0 Å². The van der Waals surface area contributed by atoms with Gasteiger partial charge in [0.05, 0.1) is 7.11 Å². The number of aliphatic hydroxyl groups excluding tert-OH is 1. The lowest BCUT2D eigenvalue weighted by Gasteiger charge is -2.33. The molecule has 1 N–H and O–H groups in total. The molecule has 0 aliphatic rings. The molecule has 28 heavy (non-hydrogen) atoms. The molecule has 0 aliphatic heterocycles. The average molecular weight is 379 g/mol. The predicted octanol–water partition coefficient (Wildman–Crippen LogP) is 5.87. The number of hydrogen-bond acceptors (Lipinski definition) is 2. The first-order chi connectivity index (χ1) is 13.2. The van der Waals surface area contributed by atoms with Crippen LogP contribution in [-0.2, 0) is 5.41 Å². The maximum atomic E-state index is 10.2. The van der Waals surface area contributed by atoms with Crippen LogP contribution in [0.15, 0.2) is 42.5 Å². The molecule has 0 heterocycles. The molecule has 0 aliphatic carbocycles. The number of hydrogen-bond donors (Lipinski definition) is 1. The van der Waals surface area contributed by atoms with Crippen LogP contribution >= 0.6 is 0 Å². The van der Waals surface area contributed by atoms with Crippen LogP contribution in [0.5, 0.6) is 5.75 Å². The second-order valence-electron chi connectivity index (χ2n) is 8.59. The van der Waals surface area contributed by atoms with E-state index in [1.807, 2.05) is 32.9 Å². The van der Waals surface area contributed by atoms with Crippen LogP contribution < -0.4 is 4.74 Å². The first-order valence-corrected chi connectivity index (χ1v) is 10.1. The lowest BCUT2D eigenvalue weighted by Crippen LogP contribution is -2.26. The van der Waals surface area contributed by atoms with E-state index >= 15 is 0 Å². The molecule has 2 rings (SSSR count). The summed E-state index contributed by atoms with van der Waals surface area (Å²) in [4.78, 5) is 0.